The van der Waals surface area contributed by atoms with Gasteiger partial charge in [0.25, 0.3) is 0 Å². The van der Waals surface area contributed by atoms with E-state index in [0.717, 1.165) is 16.7 Å². The minimum absolute atomic E-state index is 0.364. The zero-order valence-electron chi connectivity index (χ0n) is 8.98. The van der Waals surface area contributed by atoms with E-state index in [1.54, 1.807) is 18.2 Å². The summed E-state index contributed by atoms with van der Waals surface area (Å²) >= 11 is 30.0. The monoisotopic (exact) mass is 338 g/mol. The highest BCUT2D eigenvalue weighted by Crippen LogP contribution is 2.37. The van der Waals surface area contributed by atoms with Crippen LogP contribution in [0.15, 0.2) is 30.3 Å². The van der Waals surface area contributed by atoms with Gasteiger partial charge >= 0.3 is 0 Å². The van der Waals surface area contributed by atoms with Crippen molar-refractivity contribution in [2.45, 2.75) is 5.88 Å². The summed E-state index contributed by atoms with van der Waals surface area (Å²) in [5, 5.41) is 1.99. The molecule has 0 spiro atoms. The average molecular weight is 340 g/mol. The maximum atomic E-state index is 6.17. The highest BCUT2D eigenvalue weighted by atomic mass is 35.5. The maximum absolute atomic E-state index is 6.17. The number of alkyl halides is 1. The largest absolute Gasteiger partial charge is 0.121 e. The Labute approximate surface area is 130 Å². The van der Waals surface area contributed by atoms with Crippen molar-refractivity contribution >= 4 is 58.0 Å². The van der Waals surface area contributed by atoms with E-state index in [1.165, 1.54) is 0 Å². The first-order valence-electron chi connectivity index (χ1n) is 5.02. The molecule has 0 aliphatic heterocycles. The standard InChI is InChI=1S/C13H7Cl5/c14-6-8-2-1-7(3-11(8)16)10-4-9(15)5-12(17)13(10)18/h1-5H,6H2. The van der Waals surface area contributed by atoms with Crippen LogP contribution in [-0.2, 0) is 5.88 Å². The zero-order valence-corrected chi connectivity index (χ0v) is 12.8. The van der Waals surface area contributed by atoms with Crippen molar-refractivity contribution in [1.82, 2.24) is 0 Å². The second kappa shape index (κ2) is 5.90. The van der Waals surface area contributed by atoms with Gasteiger partial charge in [-0.2, -0.15) is 0 Å². The molecule has 94 valence electrons. The normalized spacial score (nSPS) is 10.7. The smallest absolute Gasteiger partial charge is 0.0671 e. The van der Waals surface area contributed by atoms with E-state index in [2.05, 4.69) is 0 Å². The molecular weight excluding hydrogens is 333 g/mol. The van der Waals surface area contributed by atoms with E-state index in [1.807, 2.05) is 12.1 Å². The van der Waals surface area contributed by atoms with Crippen molar-refractivity contribution in [3.8, 4) is 11.1 Å². The van der Waals surface area contributed by atoms with Gasteiger partial charge in [-0.25, -0.2) is 0 Å². The Hall–Kier alpha value is -0.110. The lowest BCUT2D eigenvalue weighted by Gasteiger charge is -2.09. The van der Waals surface area contributed by atoms with Crippen LogP contribution in [0.2, 0.25) is 20.1 Å². The van der Waals surface area contributed by atoms with Gasteiger partial charge in [0.15, 0.2) is 0 Å². The molecule has 0 unspecified atom stereocenters. The lowest BCUT2D eigenvalue weighted by atomic mass is 10.0. The fourth-order valence-electron chi connectivity index (χ4n) is 1.59. The van der Waals surface area contributed by atoms with Gasteiger partial charge in [0, 0.05) is 21.5 Å². The van der Waals surface area contributed by atoms with Crippen LogP contribution in [-0.4, -0.2) is 0 Å². The Morgan fingerprint density at radius 2 is 1.56 bits per heavy atom. The van der Waals surface area contributed by atoms with Crippen molar-refractivity contribution in [2.75, 3.05) is 0 Å². The third-order valence-electron chi connectivity index (χ3n) is 2.50. The summed E-state index contributed by atoms with van der Waals surface area (Å²) in [5.41, 5.74) is 2.46. The maximum Gasteiger partial charge on any atom is 0.0671 e. The van der Waals surface area contributed by atoms with Gasteiger partial charge in [-0.1, -0.05) is 58.5 Å². The molecule has 0 N–H and O–H groups in total. The molecule has 0 atom stereocenters. The first-order chi connectivity index (χ1) is 8.52. The first kappa shape index (κ1) is 14.3. The van der Waals surface area contributed by atoms with Gasteiger partial charge < -0.3 is 0 Å². The Bertz CT molecular complexity index is 592. The molecule has 0 nitrogen and oxygen atoms in total. The molecule has 0 radical (unpaired) electrons. The average Bonchev–Trinajstić information content (AvgIpc) is 2.33. The zero-order chi connectivity index (χ0) is 13.3. The third kappa shape index (κ3) is 2.89. The first-order valence-corrected chi connectivity index (χ1v) is 7.07. The molecular formula is C13H7Cl5. The number of hydrogen-bond donors (Lipinski definition) is 0. The quantitative estimate of drug-likeness (QED) is 0.421. The summed E-state index contributed by atoms with van der Waals surface area (Å²) < 4.78 is 0. The van der Waals surface area contributed by atoms with Crippen LogP contribution < -0.4 is 0 Å². The molecule has 0 saturated heterocycles. The molecule has 0 saturated carbocycles. The summed E-state index contributed by atoms with van der Waals surface area (Å²) in [6, 6.07) is 8.89. The molecule has 5 heteroatoms. The second-order valence-electron chi connectivity index (χ2n) is 3.69. The minimum Gasteiger partial charge on any atom is -0.121 e. The van der Waals surface area contributed by atoms with Crippen LogP contribution in [0, 0.1) is 0 Å². The third-order valence-corrected chi connectivity index (χ3v) is 4.16. The lowest BCUT2D eigenvalue weighted by Crippen LogP contribution is -1.85. The van der Waals surface area contributed by atoms with Crippen molar-refractivity contribution < 1.29 is 0 Å². The van der Waals surface area contributed by atoms with E-state index >= 15 is 0 Å². The van der Waals surface area contributed by atoms with Crippen LogP contribution in [0.25, 0.3) is 11.1 Å². The molecule has 2 rings (SSSR count). The summed E-state index contributed by atoms with van der Waals surface area (Å²) in [5.74, 6) is 0.364. The van der Waals surface area contributed by atoms with Crippen molar-refractivity contribution in [3.63, 3.8) is 0 Å². The number of hydrogen-bond acceptors (Lipinski definition) is 0. The van der Waals surface area contributed by atoms with E-state index in [4.69, 9.17) is 58.0 Å². The van der Waals surface area contributed by atoms with E-state index in [-0.39, 0.29) is 0 Å². The van der Waals surface area contributed by atoms with Crippen LogP contribution >= 0.6 is 58.0 Å². The van der Waals surface area contributed by atoms with Gasteiger partial charge in [0.05, 0.1) is 10.0 Å². The molecule has 0 aromatic heterocycles. The predicted molar refractivity (Wildman–Crippen MR) is 81.5 cm³/mol. The molecule has 18 heavy (non-hydrogen) atoms. The van der Waals surface area contributed by atoms with Crippen LogP contribution in [0.1, 0.15) is 5.56 Å². The Morgan fingerprint density at radius 3 is 2.17 bits per heavy atom. The predicted octanol–water partition coefficient (Wildman–Crippen LogP) is 6.71. The van der Waals surface area contributed by atoms with Gasteiger partial charge in [-0.3, -0.25) is 0 Å². The van der Waals surface area contributed by atoms with Crippen molar-refractivity contribution in [3.05, 3.63) is 56.0 Å². The number of halogens is 5. The molecule has 0 bridgehead atoms. The van der Waals surface area contributed by atoms with E-state index in [9.17, 15) is 0 Å². The fraction of sp³-hybridized carbons (Fsp3) is 0.0769. The summed E-state index contributed by atoms with van der Waals surface area (Å²) in [7, 11) is 0. The summed E-state index contributed by atoms with van der Waals surface area (Å²) in [6.45, 7) is 0. The summed E-state index contributed by atoms with van der Waals surface area (Å²) in [6.07, 6.45) is 0. The van der Waals surface area contributed by atoms with Crippen molar-refractivity contribution in [1.29, 1.82) is 0 Å². The molecule has 2 aromatic rings. The SMILES string of the molecule is ClCc1ccc(-c2cc(Cl)cc(Cl)c2Cl)cc1Cl. The molecule has 0 fully saturated rings. The fourth-order valence-corrected chi connectivity index (χ4v) is 2.85. The van der Waals surface area contributed by atoms with E-state index in [0.29, 0.717) is 26.0 Å². The topological polar surface area (TPSA) is 0 Å². The van der Waals surface area contributed by atoms with Crippen LogP contribution in [0.5, 0.6) is 0 Å². The molecule has 0 aliphatic carbocycles. The molecule has 0 amide bonds. The molecule has 0 aliphatic rings. The van der Waals surface area contributed by atoms with Gasteiger partial charge in [0.1, 0.15) is 0 Å². The van der Waals surface area contributed by atoms with Gasteiger partial charge in [-0.05, 0) is 29.3 Å². The number of benzene rings is 2. The van der Waals surface area contributed by atoms with Crippen LogP contribution in [0.3, 0.4) is 0 Å². The Morgan fingerprint density at radius 1 is 0.833 bits per heavy atom. The summed E-state index contributed by atoms with van der Waals surface area (Å²) in [4.78, 5) is 0. The van der Waals surface area contributed by atoms with Gasteiger partial charge in [-0.15, -0.1) is 11.6 Å². The number of rotatable bonds is 2. The molecule has 2 aromatic carbocycles. The van der Waals surface area contributed by atoms with E-state index < -0.39 is 0 Å². The van der Waals surface area contributed by atoms with Crippen LogP contribution in [0.4, 0.5) is 0 Å². The molecule has 0 heterocycles. The second-order valence-corrected chi connectivity index (χ2v) is 5.59. The Kier molecular flexibility index (Phi) is 4.69. The van der Waals surface area contributed by atoms with Crippen molar-refractivity contribution in [2.24, 2.45) is 0 Å². The lowest BCUT2D eigenvalue weighted by molar-refractivity contribution is 1.40. The highest BCUT2D eigenvalue weighted by molar-refractivity contribution is 6.45. The minimum atomic E-state index is 0.364. The van der Waals surface area contributed by atoms with Gasteiger partial charge in [0.2, 0.25) is 0 Å². The Balaban J connectivity index is 2.58. The highest BCUT2D eigenvalue weighted by Gasteiger charge is 2.10.